The Morgan fingerprint density at radius 3 is 2.53 bits per heavy atom. The molecule has 0 aliphatic heterocycles. The van der Waals surface area contributed by atoms with Crippen LogP contribution in [0.3, 0.4) is 0 Å². The molecule has 0 radical (unpaired) electrons. The number of hydrogen-bond donors (Lipinski definition) is 1. The van der Waals surface area contributed by atoms with Gasteiger partial charge in [0.15, 0.2) is 0 Å². The molecule has 0 bridgehead atoms. The second-order valence-electron chi connectivity index (χ2n) is 4.61. The molecule has 0 aromatic carbocycles. The molecule has 0 saturated heterocycles. The van der Waals surface area contributed by atoms with E-state index in [0.717, 1.165) is 11.8 Å². The molecule has 1 aromatic rings. The number of rotatable bonds is 4. The van der Waals surface area contributed by atoms with E-state index in [0.29, 0.717) is 0 Å². The molecule has 1 N–H and O–H groups in total. The molecule has 2 unspecified atom stereocenters. The second-order valence-corrected chi connectivity index (χ2v) is 5.90. The van der Waals surface area contributed by atoms with Crippen LogP contribution >= 0.6 is 11.3 Å². The lowest BCUT2D eigenvalue weighted by atomic mass is 9.72. The number of aryl methyl sites for hydroxylation is 2. The largest absolute Gasteiger partial charge is 0.319 e. The maximum Gasteiger partial charge on any atom is 0.0933 e. The van der Waals surface area contributed by atoms with Crippen LogP contribution in [-0.4, -0.2) is 18.6 Å². The van der Waals surface area contributed by atoms with Crippen molar-refractivity contribution in [1.29, 1.82) is 0 Å². The van der Waals surface area contributed by atoms with Crippen LogP contribution in [0.1, 0.15) is 28.4 Å². The van der Waals surface area contributed by atoms with Crippen molar-refractivity contribution in [1.82, 2.24) is 10.3 Å². The topological polar surface area (TPSA) is 24.9 Å². The molecule has 15 heavy (non-hydrogen) atoms. The third kappa shape index (κ3) is 2.40. The van der Waals surface area contributed by atoms with Gasteiger partial charge in [0.05, 0.1) is 10.7 Å². The van der Waals surface area contributed by atoms with E-state index in [2.05, 4.69) is 24.1 Å². The highest BCUT2D eigenvalue weighted by atomic mass is 32.1. The summed E-state index contributed by atoms with van der Waals surface area (Å²) in [4.78, 5) is 6.01. The van der Waals surface area contributed by atoms with Gasteiger partial charge in [0.1, 0.15) is 0 Å². The van der Waals surface area contributed by atoms with Crippen LogP contribution < -0.4 is 5.32 Å². The molecule has 2 atom stereocenters. The summed E-state index contributed by atoms with van der Waals surface area (Å²) < 4.78 is 0. The molecule has 1 saturated carbocycles. The van der Waals surface area contributed by atoms with Crippen LogP contribution in [0.2, 0.25) is 0 Å². The lowest BCUT2D eigenvalue weighted by Crippen LogP contribution is -2.35. The van der Waals surface area contributed by atoms with Gasteiger partial charge in [-0.05, 0) is 52.1 Å². The predicted molar refractivity (Wildman–Crippen MR) is 65.4 cm³/mol. The average molecular weight is 224 g/mol. The molecule has 1 heterocycles. The molecule has 0 spiro atoms. The van der Waals surface area contributed by atoms with Gasteiger partial charge >= 0.3 is 0 Å². The summed E-state index contributed by atoms with van der Waals surface area (Å²) in [5.41, 5.74) is 1.22. The average Bonchev–Trinajstić information content (AvgIpc) is 2.50. The van der Waals surface area contributed by atoms with Crippen LogP contribution in [-0.2, 0) is 6.42 Å². The Hall–Kier alpha value is -0.410. The number of hydrogen-bond acceptors (Lipinski definition) is 3. The highest BCUT2D eigenvalue weighted by Crippen LogP contribution is 2.37. The minimum absolute atomic E-state index is 0.877. The fourth-order valence-electron chi connectivity index (χ4n) is 2.29. The van der Waals surface area contributed by atoms with Gasteiger partial charge in [0.2, 0.25) is 0 Å². The molecule has 2 rings (SSSR count). The molecular formula is C12H20N2S. The van der Waals surface area contributed by atoms with Crippen LogP contribution in [0.4, 0.5) is 0 Å². The van der Waals surface area contributed by atoms with Gasteiger partial charge in [0, 0.05) is 11.3 Å². The molecule has 1 fully saturated rings. The summed E-state index contributed by atoms with van der Waals surface area (Å²) in [5, 5.41) is 4.63. The molecule has 1 aliphatic rings. The van der Waals surface area contributed by atoms with E-state index in [-0.39, 0.29) is 0 Å². The Morgan fingerprint density at radius 2 is 2.07 bits per heavy atom. The first-order chi connectivity index (χ1) is 7.20. The monoisotopic (exact) mass is 224 g/mol. The smallest absolute Gasteiger partial charge is 0.0933 e. The predicted octanol–water partition coefficient (Wildman–Crippen LogP) is 2.55. The lowest BCUT2D eigenvalue weighted by molar-refractivity contribution is 0.174. The summed E-state index contributed by atoms with van der Waals surface area (Å²) in [6, 6.07) is 0. The van der Waals surface area contributed by atoms with Gasteiger partial charge < -0.3 is 5.32 Å². The van der Waals surface area contributed by atoms with Crippen molar-refractivity contribution in [2.75, 3.05) is 13.6 Å². The van der Waals surface area contributed by atoms with Crippen molar-refractivity contribution < 1.29 is 0 Å². The van der Waals surface area contributed by atoms with Gasteiger partial charge in [-0.3, -0.25) is 0 Å². The molecule has 84 valence electrons. The summed E-state index contributed by atoms with van der Waals surface area (Å²) in [7, 11) is 2.05. The van der Waals surface area contributed by atoms with Crippen LogP contribution in [0.25, 0.3) is 0 Å². The Kier molecular flexibility index (Phi) is 3.42. The molecular weight excluding hydrogens is 204 g/mol. The summed E-state index contributed by atoms with van der Waals surface area (Å²) >= 11 is 1.88. The van der Waals surface area contributed by atoms with E-state index < -0.39 is 0 Å². The van der Waals surface area contributed by atoms with E-state index in [4.69, 9.17) is 0 Å². The number of nitrogens with zero attached hydrogens (tertiary/aromatic N) is 1. The Bertz CT molecular complexity index is 313. The normalized spacial score (nSPS) is 25.3. The first-order valence-corrected chi connectivity index (χ1v) is 6.60. The highest BCUT2D eigenvalue weighted by Gasteiger charge is 2.30. The molecule has 3 heteroatoms. The Labute approximate surface area is 96.1 Å². The van der Waals surface area contributed by atoms with E-state index >= 15 is 0 Å². The zero-order valence-corrected chi connectivity index (χ0v) is 10.7. The summed E-state index contributed by atoms with van der Waals surface area (Å²) in [6.07, 6.45) is 3.99. The van der Waals surface area contributed by atoms with Crippen molar-refractivity contribution in [3.63, 3.8) is 0 Å². The number of thiazole rings is 1. The van der Waals surface area contributed by atoms with E-state index in [9.17, 15) is 0 Å². The van der Waals surface area contributed by atoms with Crippen molar-refractivity contribution in [3.8, 4) is 0 Å². The SMILES string of the molecule is CNCC1CCC1Cc1nc(C)c(C)s1. The van der Waals surface area contributed by atoms with Crippen molar-refractivity contribution in [2.45, 2.75) is 33.1 Å². The Balaban J connectivity index is 1.91. The van der Waals surface area contributed by atoms with Gasteiger partial charge in [-0.2, -0.15) is 0 Å². The molecule has 1 aliphatic carbocycles. The highest BCUT2D eigenvalue weighted by molar-refractivity contribution is 7.11. The summed E-state index contributed by atoms with van der Waals surface area (Å²) in [5.74, 6) is 1.77. The molecule has 0 amide bonds. The molecule has 2 nitrogen and oxygen atoms in total. The van der Waals surface area contributed by atoms with Gasteiger partial charge in [-0.15, -0.1) is 11.3 Å². The quantitative estimate of drug-likeness (QED) is 0.850. The van der Waals surface area contributed by atoms with Crippen LogP contribution in [0.5, 0.6) is 0 Å². The molecule has 1 aromatic heterocycles. The van der Waals surface area contributed by atoms with Crippen molar-refractivity contribution in [3.05, 3.63) is 15.6 Å². The lowest BCUT2D eigenvalue weighted by Gasteiger charge is -2.36. The first kappa shape index (κ1) is 11.1. The fourth-order valence-corrected chi connectivity index (χ4v) is 3.32. The summed E-state index contributed by atoms with van der Waals surface area (Å²) in [6.45, 7) is 5.46. The van der Waals surface area contributed by atoms with Crippen molar-refractivity contribution in [2.24, 2.45) is 11.8 Å². The van der Waals surface area contributed by atoms with Gasteiger partial charge in [-0.25, -0.2) is 4.98 Å². The first-order valence-electron chi connectivity index (χ1n) is 5.78. The van der Waals surface area contributed by atoms with Crippen LogP contribution in [0, 0.1) is 25.7 Å². The van der Waals surface area contributed by atoms with Gasteiger partial charge in [-0.1, -0.05) is 0 Å². The minimum Gasteiger partial charge on any atom is -0.319 e. The van der Waals surface area contributed by atoms with Crippen LogP contribution in [0.15, 0.2) is 0 Å². The van der Waals surface area contributed by atoms with E-state index in [1.54, 1.807) is 0 Å². The zero-order valence-electron chi connectivity index (χ0n) is 9.84. The third-order valence-corrected chi connectivity index (χ3v) is 4.65. The van der Waals surface area contributed by atoms with E-state index in [1.807, 2.05) is 18.4 Å². The maximum atomic E-state index is 4.62. The number of aromatic nitrogens is 1. The number of nitrogens with one attached hydrogen (secondary N) is 1. The third-order valence-electron chi connectivity index (χ3n) is 3.55. The zero-order chi connectivity index (χ0) is 10.8. The standard InChI is InChI=1S/C12H20N2S/c1-8-9(2)15-12(14-8)6-10-4-5-11(10)7-13-3/h10-11,13H,4-7H2,1-3H3. The van der Waals surface area contributed by atoms with Crippen molar-refractivity contribution >= 4 is 11.3 Å². The fraction of sp³-hybridized carbons (Fsp3) is 0.750. The maximum absolute atomic E-state index is 4.62. The minimum atomic E-state index is 0.877. The van der Waals surface area contributed by atoms with E-state index in [1.165, 1.54) is 41.4 Å². The Morgan fingerprint density at radius 1 is 1.33 bits per heavy atom. The van der Waals surface area contributed by atoms with Gasteiger partial charge in [0.25, 0.3) is 0 Å². The second kappa shape index (κ2) is 4.62.